The molecule has 1 aliphatic rings. The van der Waals surface area contributed by atoms with E-state index < -0.39 is 11.7 Å². The number of rotatable bonds is 8. The zero-order valence-electron chi connectivity index (χ0n) is 21.5. The molecule has 0 radical (unpaired) electrons. The number of hydrogen-bond acceptors (Lipinski definition) is 4. The maximum absolute atomic E-state index is 13.9. The van der Waals surface area contributed by atoms with E-state index in [0.29, 0.717) is 11.5 Å². The molecule has 2 aromatic carbocycles. The van der Waals surface area contributed by atoms with Gasteiger partial charge in [-0.2, -0.15) is 13.2 Å². The Hall–Kier alpha value is -3.19. The van der Waals surface area contributed by atoms with Crippen LogP contribution in [0.5, 0.6) is 0 Å². The SMILES string of the molecule is C=C(Nc1nc(-c2ccccc2C(F)(F)F)nc(C2CCC(N)CC2)c1C)c1ccccc1CCCC. The molecule has 196 valence electrons. The topological polar surface area (TPSA) is 63.8 Å². The molecule has 3 aromatic rings. The van der Waals surface area contributed by atoms with E-state index in [1.54, 1.807) is 6.07 Å². The van der Waals surface area contributed by atoms with Gasteiger partial charge in [0.2, 0.25) is 0 Å². The number of anilines is 1. The molecule has 4 rings (SSSR count). The van der Waals surface area contributed by atoms with Crippen LogP contribution in [0.2, 0.25) is 0 Å². The third-order valence-electron chi connectivity index (χ3n) is 7.23. The second kappa shape index (κ2) is 11.5. The minimum absolute atomic E-state index is 0.0271. The van der Waals surface area contributed by atoms with Crippen molar-refractivity contribution in [1.82, 2.24) is 9.97 Å². The summed E-state index contributed by atoms with van der Waals surface area (Å²) in [4.78, 5) is 9.38. The van der Waals surface area contributed by atoms with Gasteiger partial charge in [-0.05, 0) is 57.1 Å². The van der Waals surface area contributed by atoms with Crippen LogP contribution in [-0.4, -0.2) is 16.0 Å². The molecule has 0 atom stereocenters. The van der Waals surface area contributed by atoms with E-state index >= 15 is 0 Å². The normalized spacial score (nSPS) is 18.0. The van der Waals surface area contributed by atoms with Gasteiger partial charge in [-0.15, -0.1) is 0 Å². The summed E-state index contributed by atoms with van der Waals surface area (Å²) in [5.41, 5.74) is 9.80. The van der Waals surface area contributed by atoms with Gasteiger partial charge < -0.3 is 11.1 Å². The summed E-state index contributed by atoms with van der Waals surface area (Å²) in [5.74, 6) is 0.672. The molecular formula is C30H35F3N4. The molecule has 3 N–H and O–H groups in total. The lowest BCUT2D eigenvalue weighted by Crippen LogP contribution is -2.26. The van der Waals surface area contributed by atoms with Crippen molar-refractivity contribution in [3.05, 3.63) is 83.1 Å². The second-order valence-electron chi connectivity index (χ2n) is 9.93. The van der Waals surface area contributed by atoms with Crippen molar-refractivity contribution in [3.8, 4) is 11.4 Å². The quantitative estimate of drug-likeness (QED) is 0.325. The molecule has 0 aliphatic heterocycles. The number of aryl methyl sites for hydroxylation is 1. The molecule has 1 fully saturated rings. The molecule has 1 aliphatic carbocycles. The van der Waals surface area contributed by atoms with Crippen LogP contribution >= 0.6 is 0 Å². The molecule has 1 heterocycles. The average Bonchev–Trinajstić information content (AvgIpc) is 2.89. The average molecular weight is 509 g/mol. The van der Waals surface area contributed by atoms with Crippen LogP contribution in [0.25, 0.3) is 17.1 Å². The highest BCUT2D eigenvalue weighted by molar-refractivity contribution is 5.78. The zero-order valence-corrected chi connectivity index (χ0v) is 21.5. The Morgan fingerprint density at radius 1 is 1.03 bits per heavy atom. The molecule has 0 unspecified atom stereocenters. The van der Waals surface area contributed by atoms with Crippen molar-refractivity contribution in [2.24, 2.45) is 5.73 Å². The summed E-state index contributed by atoms with van der Waals surface area (Å²) in [5, 5.41) is 3.35. The standard InChI is InChI=1S/C30H35F3N4/c1-4-5-10-21-11-6-7-12-24(21)20(3)35-28-19(2)27(22-15-17-23(34)18-16-22)36-29(37-28)25-13-8-9-14-26(25)30(31,32)33/h6-9,11-14,22-23H,3-5,10,15-18,34H2,1-2H3,(H,35,36,37). The number of alkyl halides is 3. The number of unbranched alkanes of at least 4 members (excludes halogenated alkanes) is 1. The largest absolute Gasteiger partial charge is 0.417 e. The predicted molar refractivity (Wildman–Crippen MR) is 144 cm³/mol. The van der Waals surface area contributed by atoms with Gasteiger partial charge in [-0.3, -0.25) is 0 Å². The number of benzene rings is 2. The van der Waals surface area contributed by atoms with E-state index in [-0.39, 0.29) is 23.3 Å². The highest BCUT2D eigenvalue weighted by atomic mass is 19.4. The highest BCUT2D eigenvalue weighted by Gasteiger charge is 2.35. The Labute approximate surface area is 217 Å². The zero-order chi connectivity index (χ0) is 26.6. The van der Waals surface area contributed by atoms with Gasteiger partial charge in [0.1, 0.15) is 5.82 Å². The number of nitrogens with zero attached hydrogens (tertiary/aromatic N) is 2. The van der Waals surface area contributed by atoms with Crippen molar-refractivity contribution in [2.45, 2.75) is 76.9 Å². The van der Waals surface area contributed by atoms with Gasteiger partial charge in [-0.1, -0.05) is 62.4 Å². The third kappa shape index (κ3) is 6.21. The van der Waals surface area contributed by atoms with Crippen LogP contribution in [0.1, 0.15) is 79.3 Å². The summed E-state index contributed by atoms with van der Waals surface area (Å²) in [6.07, 6.45) is 1.97. The van der Waals surface area contributed by atoms with Gasteiger partial charge in [0.25, 0.3) is 0 Å². The number of halogens is 3. The van der Waals surface area contributed by atoms with E-state index in [9.17, 15) is 13.2 Å². The van der Waals surface area contributed by atoms with Gasteiger partial charge in [0.15, 0.2) is 5.82 Å². The van der Waals surface area contributed by atoms with Crippen LogP contribution in [0.3, 0.4) is 0 Å². The van der Waals surface area contributed by atoms with Gasteiger partial charge in [0.05, 0.1) is 11.3 Å². The molecule has 0 bridgehead atoms. The Bertz CT molecular complexity index is 1240. The highest BCUT2D eigenvalue weighted by Crippen LogP contribution is 2.39. The molecule has 4 nitrogen and oxygen atoms in total. The summed E-state index contributed by atoms with van der Waals surface area (Å²) in [6, 6.07) is 13.7. The first-order valence-electron chi connectivity index (χ1n) is 13.0. The maximum atomic E-state index is 13.9. The summed E-state index contributed by atoms with van der Waals surface area (Å²) >= 11 is 0. The first-order valence-corrected chi connectivity index (χ1v) is 13.0. The monoisotopic (exact) mass is 508 g/mol. The second-order valence-corrected chi connectivity index (χ2v) is 9.93. The van der Waals surface area contributed by atoms with Gasteiger partial charge in [0, 0.05) is 34.3 Å². The lowest BCUT2D eigenvalue weighted by atomic mass is 9.83. The molecule has 37 heavy (non-hydrogen) atoms. The number of aromatic nitrogens is 2. The first kappa shape index (κ1) is 26.9. The van der Waals surface area contributed by atoms with Crippen molar-refractivity contribution in [1.29, 1.82) is 0 Å². The van der Waals surface area contributed by atoms with E-state index in [1.807, 2.05) is 25.1 Å². The lowest BCUT2D eigenvalue weighted by molar-refractivity contribution is -0.137. The van der Waals surface area contributed by atoms with E-state index in [1.165, 1.54) is 17.7 Å². The van der Waals surface area contributed by atoms with Crippen molar-refractivity contribution in [2.75, 3.05) is 5.32 Å². The Morgan fingerprint density at radius 2 is 1.70 bits per heavy atom. The number of hydrogen-bond donors (Lipinski definition) is 2. The van der Waals surface area contributed by atoms with Crippen molar-refractivity contribution in [3.63, 3.8) is 0 Å². The third-order valence-corrected chi connectivity index (χ3v) is 7.23. The van der Waals surface area contributed by atoms with Crippen LogP contribution < -0.4 is 11.1 Å². The summed E-state index contributed by atoms with van der Waals surface area (Å²) in [7, 11) is 0. The molecule has 0 saturated heterocycles. The van der Waals surface area contributed by atoms with Gasteiger partial charge >= 0.3 is 6.18 Å². The molecule has 0 amide bonds. The Balaban J connectivity index is 1.79. The van der Waals surface area contributed by atoms with E-state index in [2.05, 4.69) is 29.9 Å². The van der Waals surface area contributed by atoms with Crippen LogP contribution in [0.15, 0.2) is 55.1 Å². The fourth-order valence-electron chi connectivity index (χ4n) is 5.10. The molecular weight excluding hydrogens is 473 g/mol. The van der Waals surface area contributed by atoms with Crippen LogP contribution in [-0.2, 0) is 12.6 Å². The molecule has 0 spiro atoms. The smallest absolute Gasteiger partial charge is 0.340 e. The lowest BCUT2D eigenvalue weighted by Gasteiger charge is -2.28. The molecule has 7 heteroatoms. The fourth-order valence-corrected chi connectivity index (χ4v) is 5.10. The Morgan fingerprint density at radius 3 is 2.41 bits per heavy atom. The minimum Gasteiger partial charge on any atom is -0.340 e. The van der Waals surface area contributed by atoms with Gasteiger partial charge in [-0.25, -0.2) is 9.97 Å². The number of nitrogens with one attached hydrogen (secondary N) is 1. The molecule has 1 saturated carbocycles. The minimum atomic E-state index is -4.52. The van der Waals surface area contributed by atoms with Crippen LogP contribution in [0.4, 0.5) is 19.0 Å². The van der Waals surface area contributed by atoms with E-state index in [0.717, 1.165) is 67.8 Å². The maximum Gasteiger partial charge on any atom is 0.417 e. The summed E-state index contributed by atoms with van der Waals surface area (Å²) < 4.78 is 41.7. The van der Waals surface area contributed by atoms with Crippen molar-refractivity contribution >= 4 is 11.5 Å². The number of nitrogens with two attached hydrogens (primary N) is 1. The first-order chi connectivity index (χ1) is 17.7. The predicted octanol–water partition coefficient (Wildman–Crippen LogP) is 7.88. The van der Waals surface area contributed by atoms with Crippen LogP contribution in [0, 0.1) is 6.92 Å². The van der Waals surface area contributed by atoms with Crippen molar-refractivity contribution < 1.29 is 13.2 Å². The molecule has 1 aromatic heterocycles. The van der Waals surface area contributed by atoms with E-state index in [4.69, 9.17) is 10.7 Å². The summed E-state index contributed by atoms with van der Waals surface area (Å²) in [6.45, 7) is 8.36. The fraction of sp³-hybridized carbons (Fsp3) is 0.400. The Kier molecular flexibility index (Phi) is 8.32.